The van der Waals surface area contributed by atoms with Crippen molar-refractivity contribution in [2.24, 2.45) is 5.92 Å². The van der Waals surface area contributed by atoms with Crippen LogP contribution in [0.25, 0.3) is 11.1 Å². The van der Waals surface area contributed by atoms with Gasteiger partial charge >= 0.3 is 0 Å². The first-order valence-corrected chi connectivity index (χ1v) is 9.35. The van der Waals surface area contributed by atoms with Crippen molar-refractivity contribution in [3.05, 3.63) is 23.0 Å². The molecule has 7 heteroatoms. The Morgan fingerprint density at radius 1 is 1.30 bits per heavy atom. The lowest BCUT2D eigenvalue weighted by Crippen LogP contribution is -2.36. The lowest BCUT2D eigenvalue weighted by molar-refractivity contribution is -0.112. The molecule has 0 spiro atoms. The van der Waals surface area contributed by atoms with Crippen LogP contribution in [0.1, 0.15) is 39.5 Å². The van der Waals surface area contributed by atoms with Gasteiger partial charge in [0.15, 0.2) is 15.4 Å². The van der Waals surface area contributed by atoms with Gasteiger partial charge in [-0.15, -0.1) is 0 Å². The number of carbonyl (C=O) groups excluding carboxylic acids is 1. The molecule has 0 bridgehead atoms. The van der Waals surface area contributed by atoms with Gasteiger partial charge in [0.1, 0.15) is 16.7 Å². The van der Waals surface area contributed by atoms with Gasteiger partial charge in [-0.2, -0.15) is 0 Å². The second-order valence-electron chi connectivity index (χ2n) is 7.03. The van der Waals surface area contributed by atoms with Crippen molar-refractivity contribution >= 4 is 38.8 Å². The van der Waals surface area contributed by atoms with Crippen molar-refractivity contribution in [2.45, 2.75) is 49.2 Å². The maximum absolute atomic E-state index is 12.9. The molecule has 1 fully saturated rings. The van der Waals surface area contributed by atoms with Gasteiger partial charge in [-0.05, 0) is 25.0 Å². The minimum Gasteiger partial charge on any atom is -0.439 e. The average Bonchev–Trinajstić information content (AvgIpc) is 2.80. The van der Waals surface area contributed by atoms with Crippen molar-refractivity contribution in [3.63, 3.8) is 0 Å². The van der Waals surface area contributed by atoms with E-state index in [2.05, 4.69) is 4.98 Å². The third-order valence-corrected chi connectivity index (χ3v) is 6.82. The van der Waals surface area contributed by atoms with E-state index < -0.39 is 15.1 Å². The highest BCUT2D eigenvalue weighted by atomic mass is 35.5. The fourth-order valence-corrected chi connectivity index (χ4v) is 5.22. The molecule has 0 amide bonds. The molecule has 3 rings (SSSR count). The number of halogens is 1. The number of aldehydes is 1. The Labute approximate surface area is 139 Å². The maximum atomic E-state index is 12.9. The number of hydrogen-bond donors (Lipinski definition) is 0. The summed E-state index contributed by atoms with van der Waals surface area (Å²) < 4.78 is 31.5. The van der Waals surface area contributed by atoms with E-state index in [1.54, 1.807) is 6.07 Å². The molecule has 1 aromatic heterocycles. The Bertz CT molecular complexity index is 873. The summed E-state index contributed by atoms with van der Waals surface area (Å²) in [6.45, 7) is 5.82. The van der Waals surface area contributed by atoms with Gasteiger partial charge in [-0.3, -0.25) is 0 Å². The topological polar surface area (TPSA) is 77.2 Å². The largest absolute Gasteiger partial charge is 0.439 e. The van der Waals surface area contributed by atoms with Crippen LogP contribution in [-0.2, 0) is 20.0 Å². The number of carbonyl (C=O) groups is 1. The molecular weight excluding hydrogens is 338 g/mol. The minimum absolute atomic E-state index is 0.00554. The van der Waals surface area contributed by atoms with Crippen LogP contribution in [0.2, 0.25) is 5.02 Å². The van der Waals surface area contributed by atoms with Crippen molar-refractivity contribution in [1.29, 1.82) is 0 Å². The zero-order valence-corrected chi connectivity index (χ0v) is 14.7. The average molecular weight is 356 g/mol. The summed E-state index contributed by atoms with van der Waals surface area (Å²) in [4.78, 5) is 15.1. The standard InChI is InChI=1S/C16H18ClNO4S/c1-16(2,3)15-18-12-5-4-11(17)14(13(12)22-15)23(20,21)10-6-9(7-10)8-19/h4-5,8-10H,6-7H2,1-3H3. The predicted octanol–water partition coefficient (Wildman–Crippen LogP) is 3.53. The minimum atomic E-state index is -3.66. The summed E-state index contributed by atoms with van der Waals surface area (Å²) >= 11 is 6.17. The predicted molar refractivity (Wildman–Crippen MR) is 87.5 cm³/mol. The number of fused-ring (bicyclic) bond motifs is 1. The van der Waals surface area contributed by atoms with Crippen LogP contribution in [-0.4, -0.2) is 24.9 Å². The monoisotopic (exact) mass is 355 g/mol. The number of benzene rings is 1. The number of nitrogens with zero attached hydrogens (tertiary/aromatic N) is 1. The highest BCUT2D eigenvalue weighted by Gasteiger charge is 2.42. The molecule has 124 valence electrons. The smallest absolute Gasteiger partial charge is 0.200 e. The number of oxazole rings is 1. The summed E-state index contributed by atoms with van der Waals surface area (Å²) in [5, 5.41) is -0.465. The van der Waals surface area contributed by atoms with Crippen molar-refractivity contribution < 1.29 is 17.6 Å². The molecule has 0 radical (unpaired) electrons. The molecule has 1 heterocycles. The fourth-order valence-electron chi connectivity index (χ4n) is 2.67. The van der Waals surface area contributed by atoms with Crippen LogP contribution >= 0.6 is 11.6 Å². The number of sulfone groups is 1. The van der Waals surface area contributed by atoms with Crippen LogP contribution < -0.4 is 0 Å². The van der Waals surface area contributed by atoms with Crippen LogP contribution in [0, 0.1) is 5.92 Å². The molecule has 23 heavy (non-hydrogen) atoms. The lowest BCUT2D eigenvalue weighted by atomic mass is 9.86. The van der Waals surface area contributed by atoms with E-state index in [-0.39, 0.29) is 26.8 Å². The molecule has 5 nitrogen and oxygen atoms in total. The zero-order valence-electron chi connectivity index (χ0n) is 13.2. The van der Waals surface area contributed by atoms with E-state index in [1.807, 2.05) is 20.8 Å². The molecule has 1 aromatic carbocycles. The molecule has 0 atom stereocenters. The molecule has 0 N–H and O–H groups in total. The first-order valence-electron chi connectivity index (χ1n) is 7.43. The SMILES string of the molecule is CC(C)(C)c1nc2ccc(Cl)c(S(=O)(=O)C3CC(C=O)C3)c2o1. The molecule has 1 aliphatic rings. The van der Waals surface area contributed by atoms with Crippen LogP contribution in [0.15, 0.2) is 21.4 Å². The van der Waals surface area contributed by atoms with Gasteiger partial charge in [0.2, 0.25) is 5.89 Å². The van der Waals surface area contributed by atoms with E-state index in [4.69, 9.17) is 16.0 Å². The molecule has 2 aromatic rings. The molecular formula is C16H18ClNO4S. The number of hydrogen-bond acceptors (Lipinski definition) is 5. The maximum Gasteiger partial charge on any atom is 0.200 e. The van der Waals surface area contributed by atoms with Gasteiger partial charge in [0, 0.05) is 11.3 Å². The summed E-state index contributed by atoms with van der Waals surface area (Å²) in [5.41, 5.74) is 0.340. The van der Waals surface area contributed by atoms with Gasteiger partial charge in [-0.1, -0.05) is 32.4 Å². The van der Waals surface area contributed by atoms with Crippen molar-refractivity contribution in [2.75, 3.05) is 0 Å². The van der Waals surface area contributed by atoms with Crippen LogP contribution in [0.4, 0.5) is 0 Å². The highest BCUT2D eigenvalue weighted by molar-refractivity contribution is 7.92. The molecule has 0 aliphatic heterocycles. The summed E-state index contributed by atoms with van der Waals surface area (Å²) in [6, 6.07) is 3.19. The van der Waals surface area contributed by atoms with Gasteiger partial charge in [-0.25, -0.2) is 13.4 Å². The van der Waals surface area contributed by atoms with Crippen molar-refractivity contribution in [3.8, 4) is 0 Å². The summed E-state index contributed by atoms with van der Waals surface area (Å²) in [6.07, 6.45) is 1.47. The normalized spacial score (nSPS) is 22.1. The molecule has 1 saturated carbocycles. The molecule has 0 saturated heterocycles. The third-order valence-electron chi connectivity index (χ3n) is 4.15. The number of rotatable bonds is 3. The summed E-state index contributed by atoms with van der Waals surface area (Å²) in [5.74, 6) is 0.276. The van der Waals surface area contributed by atoms with Crippen LogP contribution in [0.3, 0.4) is 0 Å². The lowest BCUT2D eigenvalue weighted by Gasteiger charge is -2.31. The summed E-state index contributed by atoms with van der Waals surface area (Å²) in [7, 11) is -3.66. The number of aromatic nitrogens is 1. The zero-order chi connectivity index (χ0) is 17.0. The van der Waals surface area contributed by atoms with Gasteiger partial charge in [0.25, 0.3) is 0 Å². The van der Waals surface area contributed by atoms with E-state index in [9.17, 15) is 13.2 Å². The molecule has 0 unspecified atom stereocenters. The van der Waals surface area contributed by atoms with Gasteiger partial charge < -0.3 is 9.21 Å². The van der Waals surface area contributed by atoms with E-state index in [1.165, 1.54) is 6.07 Å². The Morgan fingerprint density at radius 2 is 1.96 bits per heavy atom. The highest BCUT2D eigenvalue weighted by Crippen LogP contribution is 2.41. The first-order chi connectivity index (χ1) is 10.6. The fraction of sp³-hybridized carbons (Fsp3) is 0.500. The molecule has 1 aliphatic carbocycles. The van der Waals surface area contributed by atoms with Gasteiger partial charge in [0.05, 0.1) is 10.3 Å². The van der Waals surface area contributed by atoms with E-state index >= 15 is 0 Å². The Hall–Kier alpha value is -1.40. The second kappa shape index (κ2) is 5.31. The Balaban J connectivity index is 2.15. The first kappa shape index (κ1) is 16.5. The van der Waals surface area contributed by atoms with Crippen molar-refractivity contribution in [1.82, 2.24) is 4.98 Å². The Kier molecular flexibility index (Phi) is 3.80. The Morgan fingerprint density at radius 3 is 2.52 bits per heavy atom. The quantitative estimate of drug-likeness (QED) is 0.787. The van der Waals surface area contributed by atoms with E-state index in [0.717, 1.165) is 6.29 Å². The second-order valence-corrected chi connectivity index (χ2v) is 9.60. The van der Waals surface area contributed by atoms with E-state index in [0.29, 0.717) is 24.2 Å². The third kappa shape index (κ3) is 2.68. The van der Waals surface area contributed by atoms with Crippen LogP contribution in [0.5, 0.6) is 0 Å².